The Bertz CT molecular complexity index is 1230. The van der Waals surface area contributed by atoms with Gasteiger partial charge in [-0.3, -0.25) is 4.79 Å². The van der Waals surface area contributed by atoms with Crippen LogP contribution in [-0.2, 0) is 0 Å². The van der Waals surface area contributed by atoms with E-state index in [1.165, 1.54) is 6.26 Å². The molecule has 4 aromatic rings. The van der Waals surface area contributed by atoms with E-state index in [-0.39, 0.29) is 5.43 Å². The van der Waals surface area contributed by atoms with E-state index in [2.05, 4.69) is 9.97 Å². The van der Waals surface area contributed by atoms with Gasteiger partial charge in [-0.15, -0.1) is 0 Å². The predicted octanol–water partition coefficient (Wildman–Crippen LogP) is 5.57. The van der Waals surface area contributed by atoms with Crippen molar-refractivity contribution in [3.63, 3.8) is 0 Å². The topological polar surface area (TPSA) is 65.2 Å². The van der Waals surface area contributed by atoms with Gasteiger partial charge in [0.05, 0.1) is 10.9 Å². The molecule has 0 amide bonds. The zero-order valence-corrected chi connectivity index (χ0v) is 15.5. The molecule has 0 saturated heterocycles. The zero-order valence-electron chi connectivity index (χ0n) is 14.8. The highest BCUT2D eigenvalue weighted by Crippen LogP contribution is 2.39. The van der Waals surface area contributed by atoms with Crippen molar-refractivity contribution < 1.29 is 9.15 Å². The van der Waals surface area contributed by atoms with Gasteiger partial charge >= 0.3 is 0 Å². The van der Waals surface area contributed by atoms with Gasteiger partial charge in [0.25, 0.3) is 0 Å². The molecular weight excluding hydrogens is 376 g/mol. The fraction of sp³-hybridized carbons (Fsp3) is 0.136. The first kappa shape index (κ1) is 17.0. The third-order valence-electron chi connectivity index (χ3n) is 4.68. The minimum absolute atomic E-state index is 0.0832. The van der Waals surface area contributed by atoms with Crippen LogP contribution < -0.4 is 10.2 Å². The van der Waals surface area contributed by atoms with Gasteiger partial charge in [-0.1, -0.05) is 41.9 Å². The van der Waals surface area contributed by atoms with Crippen molar-refractivity contribution in [2.75, 3.05) is 0 Å². The SMILES string of the molecule is O=c1c(-c2ccccc2)coc2cc(Oc3cc(Cl)nc(C4CC4)n3)ccc12. The molecule has 6 heteroatoms. The number of hydrogen-bond donors (Lipinski definition) is 0. The third kappa shape index (κ3) is 3.25. The number of rotatable bonds is 4. The van der Waals surface area contributed by atoms with Gasteiger partial charge in [0.2, 0.25) is 5.88 Å². The highest BCUT2D eigenvalue weighted by Gasteiger charge is 2.27. The second-order valence-corrected chi connectivity index (χ2v) is 7.15. The summed E-state index contributed by atoms with van der Waals surface area (Å²) in [5.41, 5.74) is 1.71. The lowest BCUT2D eigenvalue weighted by Gasteiger charge is -2.08. The molecule has 0 atom stereocenters. The molecule has 1 fully saturated rings. The van der Waals surface area contributed by atoms with E-state index in [9.17, 15) is 4.79 Å². The van der Waals surface area contributed by atoms with Crippen molar-refractivity contribution >= 4 is 22.6 Å². The Morgan fingerprint density at radius 1 is 1.04 bits per heavy atom. The molecule has 0 aliphatic heterocycles. The molecule has 5 nitrogen and oxygen atoms in total. The van der Waals surface area contributed by atoms with E-state index in [1.54, 1.807) is 24.3 Å². The van der Waals surface area contributed by atoms with E-state index in [0.717, 1.165) is 18.4 Å². The molecule has 0 spiro atoms. The number of benzene rings is 2. The monoisotopic (exact) mass is 390 g/mol. The molecule has 0 radical (unpaired) electrons. The molecule has 28 heavy (non-hydrogen) atoms. The molecule has 1 aliphatic rings. The van der Waals surface area contributed by atoms with E-state index < -0.39 is 0 Å². The summed E-state index contributed by atoms with van der Waals surface area (Å²) in [7, 11) is 0. The molecular formula is C22H15ClN2O3. The largest absolute Gasteiger partial charge is 0.463 e. The summed E-state index contributed by atoms with van der Waals surface area (Å²) in [6.07, 6.45) is 3.63. The first-order valence-corrected chi connectivity index (χ1v) is 9.38. The molecule has 1 saturated carbocycles. The van der Waals surface area contributed by atoms with Gasteiger partial charge in [-0.2, -0.15) is 4.98 Å². The lowest BCUT2D eigenvalue weighted by Crippen LogP contribution is -2.04. The Labute approximate surface area is 165 Å². The van der Waals surface area contributed by atoms with Crippen LogP contribution in [0, 0.1) is 0 Å². The first-order chi connectivity index (χ1) is 13.7. The third-order valence-corrected chi connectivity index (χ3v) is 4.88. The van der Waals surface area contributed by atoms with Gasteiger partial charge in [-0.05, 0) is 30.5 Å². The summed E-state index contributed by atoms with van der Waals surface area (Å²) in [6, 6.07) is 16.1. The molecule has 138 valence electrons. The Morgan fingerprint density at radius 3 is 2.64 bits per heavy atom. The Balaban J connectivity index is 1.50. The second-order valence-electron chi connectivity index (χ2n) is 6.77. The smallest absolute Gasteiger partial charge is 0.224 e. The molecule has 1 aliphatic carbocycles. The van der Waals surface area contributed by atoms with E-state index in [0.29, 0.717) is 45.1 Å². The maximum absolute atomic E-state index is 12.8. The minimum Gasteiger partial charge on any atom is -0.463 e. The van der Waals surface area contributed by atoms with Gasteiger partial charge in [-0.25, -0.2) is 4.98 Å². The minimum atomic E-state index is -0.0832. The predicted molar refractivity (Wildman–Crippen MR) is 107 cm³/mol. The van der Waals surface area contributed by atoms with Crippen LogP contribution in [-0.4, -0.2) is 9.97 Å². The molecule has 2 aromatic heterocycles. The maximum Gasteiger partial charge on any atom is 0.224 e. The van der Waals surface area contributed by atoms with Gasteiger partial charge < -0.3 is 9.15 Å². The number of fused-ring (bicyclic) bond motifs is 1. The van der Waals surface area contributed by atoms with Gasteiger partial charge in [0.15, 0.2) is 5.43 Å². The van der Waals surface area contributed by atoms with Gasteiger partial charge in [0, 0.05) is 18.1 Å². The standard InChI is InChI=1S/C22H15ClN2O3/c23-19-11-20(25-22(24-19)14-6-7-14)28-15-8-9-16-18(10-15)27-12-17(21(16)26)13-4-2-1-3-5-13/h1-5,8-12,14H,6-7H2. The molecule has 0 bridgehead atoms. The number of aromatic nitrogens is 2. The molecule has 2 heterocycles. The molecule has 0 unspecified atom stereocenters. The van der Waals surface area contributed by atoms with Crippen molar-refractivity contribution in [3.8, 4) is 22.8 Å². The molecule has 2 aromatic carbocycles. The normalized spacial score (nSPS) is 13.6. The number of ether oxygens (including phenoxy) is 1. The average molecular weight is 391 g/mol. The first-order valence-electron chi connectivity index (χ1n) is 9.01. The Kier molecular flexibility index (Phi) is 4.10. The average Bonchev–Trinajstić information content (AvgIpc) is 3.54. The summed E-state index contributed by atoms with van der Waals surface area (Å²) in [6.45, 7) is 0. The summed E-state index contributed by atoms with van der Waals surface area (Å²) in [5.74, 6) is 1.97. The number of halogens is 1. The fourth-order valence-electron chi connectivity index (χ4n) is 3.10. The van der Waals surface area contributed by atoms with E-state index in [1.807, 2.05) is 30.3 Å². The van der Waals surface area contributed by atoms with Crippen LogP contribution in [0.25, 0.3) is 22.1 Å². The van der Waals surface area contributed by atoms with Gasteiger partial charge in [0.1, 0.15) is 28.6 Å². The highest BCUT2D eigenvalue weighted by atomic mass is 35.5. The van der Waals surface area contributed by atoms with Crippen LogP contribution in [0.1, 0.15) is 24.6 Å². The molecule has 0 N–H and O–H groups in total. The Morgan fingerprint density at radius 2 is 1.86 bits per heavy atom. The quantitative estimate of drug-likeness (QED) is 0.426. The zero-order chi connectivity index (χ0) is 19.1. The van der Waals surface area contributed by atoms with Crippen LogP contribution >= 0.6 is 11.6 Å². The van der Waals surface area contributed by atoms with Crippen molar-refractivity contribution in [3.05, 3.63) is 82.1 Å². The van der Waals surface area contributed by atoms with Crippen molar-refractivity contribution in [2.45, 2.75) is 18.8 Å². The molecule has 5 rings (SSSR count). The summed E-state index contributed by atoms with van der Waals surface area (Å²) < 4.78 is 11.6. The fourth-order valence-corrected chi connectivity index (χ4v) is 3.28. The van der Waals surface area contributed by atoms with Crippen molar-refractivity contribution in [2.24, 2.45) is 0 Å². The second kappa shape index (κ2) is 6.77. The van der Waals surface area contributed by atoms with Crippen LogP contribution in [0.2, 0.25) is 5.15 Å². The highest BCUT2D eigenvalue weighted by molar-refractivity contribution is 6.29. The Hall–Kier alpha value is -3.18. The van der Waals surface area contributed by atoms with Crippen LogP contribution in [0.4, 0.5) is 0 Å². The van der Waals surface area contributed by atoms with Crippen LogP contribution in [0.5, 0.6) is 11.6 Å². The lowest BCUT2D eigenvalue weighted by molar-refractivity contribution is 0.457. The lowest BCUT2D eigenvalue weighted by atomic mass is 10.1. The maximum atomic E-state index is 12.8. The number of nitrogens with zero attached hydrogens (tertiary/aromatic N) is 2. The van der Waals surface area contributed by atoms with E-state index in [4.69, 9.17) is 20.8 Å². The summed E-state index contributed by atoms with van der Waals surface area (Å²) in [4.78, 5) is 21.5. The van der Waals surface area contributed by atoms with Crippen LogP contribution in [0.15, 0.2) is 70.1 Å². The summed E-state index contributed by atoms with van der Waals surface area (Å²) >= 11 is 6.09. The summed E-state index contributed by atoms with van der Waals surface area (Å²) in [5, 5.41) is 0.847. The van der Waals surface area contributed by atoms with E-state index >= 15 is 0 Å². The van der Waals surface area contributed by atoms with Crippen LogP contribution in [0.3, 0.4) is 0 Å². The van der Waals surface area contributed by atoms with Crippen molar-refractivity contribution in [1.82, 2.24) is 9.97 Å². The number of hydrogen-bond acceptors (Lipinski definition) is 5. The van der Waals surface area contributed by atoms with Crippen molar-refractivity contribution in [1.29, 1.82) is 0 Å².